The first-order valence-corrected chi connectivity index (χ1v) is 10.5. The van der Waals surface area contributed by atoms with E-state index >= 15 is 0 Å². The van der Waals surface area contributed by atoms with Crippen LogP contribution in [0, 0.1) is 5.92 Å². The number of carboxylic acids is 1. The van der Waals surface area contributed by atoms with Crippen LogP contribution < -0.4 is 5.32 Å². The van der Waals surface area contributed by atoms with Gasteiger partial charge in [-0.05, 0) is 44.6 Å². The van der Waals surface area contributed by atoms with E-state index in [1.807, 2.05) is 36.4 Å². The van der Waals surface area contributed by atoms with Crippen LogP contribution in [0.4, 0.5) is 0 Å². The molecule has 2 aliphatic carbocycles. The summed E-state index contributed by atoms with van der Waals surface area (Å²) in [7, 11) is 0. The van der Waals surface area contributed by atoms with E-state index in [-0.39, 0.29) is 17.9 Å². The Morgan fingerprint density at radius 1 is 1.03 bits per heavy atom. The SMILES string of the molecule is O=C(NC1CCC(C(=O)O)CC1)c1cc(-c2ccccc2)nc2onc(C3CC3)c12. The van der Waals surface area contributed by atoms with Crippen LogP contribution in [0.25, 0.3) is 22.4 Å². The Hall–Kier alpha value is -3.22. The lowest BCUT2D eigenvalue weighted by atomic mass is 9.86. The third kappa shape index (κ3) is 3.56. The van der Waals surface area contributed by atoms with Crippen molar-refractivity contribution >= 4 is 23.0 Å². The van der Waals surface area contributed by atoms with E-state index in [0.29, 0.717) is 54.0 Å². The van der Waals surface area contributed by atoms with Gasteiger partial charge in [-0.25, -0.2) is 4.98 Å². The standard InChI is InChI=1S/C23H23N3O4/c27-21(24-16-10-8-15(9-11-16)23(28)29)17-12-18(13-4-2-1-3-5-13)25-22-19(17)20(26-30-22)14-6-7-14/h1-5,12,14-16H,6-11H2,(H,24,27)(H,28,29). The summed E-state index contributed by atoms with van der Waals surface area (Å²) in [5.41, 5.74) is 3.30. The average molecular weight is 405 g/mol. The lowest BCUT2D eigenvalue weighted by Gasteiger charge is -2.27. The minimum absolute atomic E-state index is 0.0271. The summed E-state index contributed by atoms with van der Waals surface area (Å²) in [6, 6.07) is 11.5. The number of hydrogen-bond acceptors (Lipinski definition) is 5. The number of hydrogen-bond donors (Lipinski definition) is 2. The molecule has 2 aliphatic rings. The number of nitrogens with zero attached hydrogens (tertiary/aromatic N) is 2. The summed E-state index contributed by atoms with van der Waals surface area (Å²) in [6.45, 7) is 0. The molecule has 7 nitrogen and oxygen atoms in total. The smallest absolute Gasteiger partial charge is 0.306 e. The fraction of sp³-hybridized carbons (Fsp3) is 0.391. The second-order valence-electron chi connectivity index (χ2n) is 8.30. The van der Waals surface area contributed by atoms with Gasteiger partial charge in [-0.1, -0.05) is 35.5 Å². The van der Waals surface area contributed by atoms with E-state index < -0.39 is 5.97 Å². The highest BCUT2D eigenvalue weighted by atomic mass is 16.5. The fourth-order valence-electron chi connectivity index (χ4n) is 4.29. The Morgan fingerprint density at radius 3 is 2.43 bits per heavy atom. The van der Waals surface area contributed by atoms with Gasteiger partial charge < -0.3 is 14.9 Å². The first kappa shape index (κ1) is 18.8. The molecular formula is C23H23N3O4. The Morgan fingerprint density at radius 2 is 1.77 bits per heavy atom. The fourth-order valence-corrected chi connectivity index (χ4v) is 4.29. The zero-order valence-corrected chi connectivity index (χ0v) is 16.5. The second-order valence-corrected chi connectivity index (χ2v) is 8.30. The zero-order chi connectivity index (χ0) is 20.7. The quantitative estimate of drug-likeness (QED) is 0.661. The van der Waals surface area contributed by atoms with Gasteiger partial charge in [0, 0.05) is 17.5 Å². The van der Waals surface area contributed by atoms with Crippen LogP contribution in [-0.2, 0) is 4.79 Å². The summed E-state index contributed by atoms with van der Waals surface area (Å²) in [5, 5.41) is 17.2. The molecule has 2 heterocycles. The predicted octanol–water partition coefficient (Wildman–Crippen LogP) is 4.14. The van der Waals surface area contributed by atoms with E-state index in [1.165, 1.54) is 0 Å². The van der Waals surface area contributed by atoms with E-state index in [2.05, 4.69) is 15.5 Å². The molecule has 30 heavy (non-hydrogen) atoms. The average Bonchev–Trinajstić information content (AvgIpc) is 3.52. The third-order valence-electron chi connectivity index (χ3n) is 6.16. The normalized spacial score (nSPS) is 21.5. The molecule has 0 bridgehead atoms. The maximum atomic E-state index is 13.3. The molecular weight excluding hydrogens is 382 g/mol. The molecule has 5 rings (SSSR count). The van der Waals surface area contributed by atoms with Crippen molar-refractivity contribution in [3.8, 4) is 11.3 Å². The van der Waals surface area contributed by atoms with Gasteiger partial charge in [0.15, 0.2) is 0 Å². The molecule has 0 unspecified atom stereocenters. The lowest BCUT2D eigenvalue weighted by molar-refractivity contribution is -0.142. The molecule has 1 aromatic carbocycles. The van der Waals surface area contributed by atoms with Crippen molar-refractivity contribution < 1.29 is 19.2 Å². The zero-order valence-electron chi connectivity index (χ0n) is 16.5. The number of carbonyl (C=O) groups excluding carboxylic acids is 1. The van der Waals surface area contributed by atoms with Crippen LogP contribution >= 0.6 is 0 Å². The van der Waals surface area contributed by atoms with E-state index in [4.69, 9.17) is 4.52 Å². The number of nitrogens with one attached hydrogen (secondary N) is 1. The van der Waals surface area contributed by atoms with Crippen molar-refractivity contribution in [1.29, 1.82) is 0 Å². The molecule has 154 valence electrons. The van der Waals surface area contributed by atoms with Gasteiger partial charge >= 0.3 is 5.97 Å². The Labute approximate surface area is 173 Å². The first-order chi connectivity index (χ1) is 14.6. The van der Waals surface area contributed by atoms with Gasteiger partial charge in [0.2, 0.25) is 0 Å². The summed E-state index contributed by atoms with van der Waals surface area (Å²) in [6.07, 6.45) is 4.59. The molecule has 0 saturated heterocycles. The number of aromatic nitrogens is 2. The monoisotopic (exact) mass is 405 g/mol. The number of aliphatic carboxylic acids is 1. The molecule has 0 spiro atoms. The van der Waals surface area contributed by atoms with Crippen molar-refractivity contribution in [3.63, 3.8) is 0 Å². The molecule has 2 saturated carbocycles. The summed E-state index contributed by atoms with van der Waals surface area (Å²) in [4.78, 5) is 29.1. The minimum Gasteiger partial charge on any atom is -0.481 e. The molecule has 2 aromatic heterocycles. The molecule has 3 aromatic rings. The molecule has 0 atom stereocenters. The van der Waals surface area contributed by atoms with Crippen LogP contribution in [-0.4, -0.2) is 33.2 Å². The van der Waals surface area contributed by atoms with Gasteiger partial charge in [-0.3, -0.25) is 9.59 Å². The largest absolute Gasteiger partial charge is 0.481 e. The van der Waals surface area contributed by atoms with E-state index in [1.54, 1.807) is 0 Å². The third-order valence-corrected chi connectivity index (χ3v) is 6.16. The number of amides is 1. The van der Waals surface area contributed by atoms with Crippen LogP contribution in [0.3, 0.4) is 0 Å². The van der Waals surface area contributed by atoms with Gasteiger partial charge in [0.25, 0.3) is 11.6 Å². The number of benzene rings is 1. The Bertz CT molecular complexity index is 1100. The lowest BCUT2D eigenvalue weighted by Crippen LogP contribution is -2.38. The highest BCUT2D eigenvalue weighted by Gasteiger charge is 2.33. The molecule has 2 N–H and O–H groups in total. The summed E-state index contributed by atoms with van der Waals surface area (Å²) >= 11 is 0. The van der Waals surface area contributed by atoms with Crippen molar-refractivity contribution in [2.45, 2.75) is 50.5 Å². The number of carboxylic acid groups (broad SMARTS) is 1. The molecule has 0 radical (unpaired) electrons. The Balaban J connectivity index is 1.48. The highest BCUT2D eigenvalue weighted by Crippen LogP contribution is 2.43. The van der Waals surface area contributed by atoms with E-state index in [0.717, 1.165) is 24.1 Å². The van der Waals surface area contributed by atoms with Crippen LogP contribution in [0.15, 0.2) is 40.9 Å². The number of pyridine rings is 1. The molecule has 0 aliphatic heterocycles. The van der Waals surface area contributed by atoms with Gasteiger partial charge in [-0.15, -0.1) is 0 Å². The van der Waals surface area contributed by atoms with Crippen LogP contribution in [0.2, 0.25) is 0 Å². The molecule has 7 heteroatoms. The van der Waals surface area contributed by atoms with Crippen molar-refractivity contribution in [3.05, 3.63) is 47.7 Å². The summed E-state index contributed by atoms with van der Waals surface area (Å²) in [5.74, 6) is -0.909. The topological polar surface area (TPSA) is 105 Å². The second kappa shape index (κ2) is 7.55. The number of carbonyl (C=O) groups is 2. The van der Waals surface area contributed by atoms with Crippen molar-refractivity contribution in [1.82, 2.24) is 15.5 Å². The first-order valence-electron chi connectivity index (χ1n) is 10.5. The van der Waals surface area contributed by atoms with Crippen molar-refractivity contribution in [2.75, 3.05) is 0 Å². The maximum Gasteiger partial charge on any atom is 0.306 e. The molecule has 2 fully saturated rings. The summed E-state index contributed by atoms with van der Waals surface area (Å²) < 4.78 is 5.53. The van der Waals surface area contributed by atoms with Gasteiger partial charge in [0.05, 0.1) is 28.3 Å². The number of rotatable bonds is 5. The Kier molecular flexibility index (Phi) is 4.73. The van der Waals surface area contributed by atoms with Gasteiger partial charge in [-0.2, -0.15) is 0 Å². The van der Waals surface area contributed by atoms with E-state index in [9.17, 15) is 14.7 Å². The highest BCUT2D eigenvalue weighted by molar-refractivity contribution is 6.07. The van der Waals surface area contributed by atoms with Crippen LogP contribution in [0.5, 0.6) is 0 Å². The minimum atomic E-state index is -0.748. The van der Waals surface area contributed by atoms with Gasteiger partial charge in [0.1, 0.15) is 0 Å². The predicted molar refractivity (Wildman–Crippen MR) is 110 cm³/mol. The van der Waals surface area contributed by atoms with Crippen LogP contribution in [0.1, 0.15) is 60.5 Å². The van der Waals surface area contributed by atoms with Crippen molar-refractivity contribution in [2.24, 2.45) is 5.92 Å². The number of fused-ring (bicyclic) bond motifs is 1. The maximum absolute atomic E-state index is 13.3. The molecule has 1 amide bonds.